The second-order valence-electron chi connectivity index (χ2n) is 12.4. The molecule has 4 fully saturated rings. The van der Waals surface area contributed by atoms with Crippen molar-refractivity contribution >= 4 is 0 Å². The van der Waals surface area contributed by atoms with Crippen LogP contribution in [0.3, 0.4) is 0 Å². The molecule has 4 saturated carbocycles. The van der Waals surface area contributed by atoms with E-state index in [9.17, 15) is 5.11 Å². The Balaban J connectivity index is 1.60. The molecule has 0 aromatic rings. The molecule has 0 heterocycles. The number of rotatable bonds is 12. The minimum Gasteiger partial charge on any atom is -0.392 e. The van der Waals surface area contributed by atoms with Gasteiger partial charge in [-0.2, -0.15) is 0 Å². The largest absolute Gasteiger partial charge is 0.392 e. The molecule has 7 N–H and O–H groups in total. The van der Waals surface area contributed by atoms with Crippen molar-refractivity contribution < 1.29 is 19.3 Å². The normalized spacial score (nSPS) is 45.1. The van der Waals surface area contributed by atoms with Gasteiger partial charge in [0.1, 0.15) is 0 Å². The molecule has 7 nitrogen and oxygen atoms in total. The lowest BCUT2D eigenvalue weighted by Gasteiger charge is -2.64. The van der Waals surface area contributed by atoms with Crippen LogP contribution < -0.4 is 17.2 Å². The van der Waals surface area contributed by atoms with Crippen molar-refractivity contribution in [1.82, 2.24) is 0 Å². The summed E-state index contributed by atoms with van der Waals surface area (Å²) >= 11 is 0. The van der Waals surface area contributed by atoms with Gasteiger partial charge in [0.05, 0.1) is 24.4 Å². The third kappa shape index (κ3) is 5.34. The van der Waals surface area contributed by atoms with Crippen molar-refractivity contribution in [2.75, 3.05) is 39.5 Å². The van der Waals surface area contributed by atoms with Crippen LogP contribution >= 0.6 is 0 Å². The van der Waals surface area contributed by atoms with Crippen LogP contribution in [0.25, 0.3) is 0 Å². The number of fused-ring (bicyclic) bond motifs is 5. The van der Waals surface area contributed by atoms with Crippen LogP contribution in [0, 0.1) is 34.5 Å². The number of aliphatic hydroxyl groups excluding tert-OH is 1. The van der Waals surface area contributed by atoms with Crippen LogP contribution in [0.4, 0.5) is 0 Å². The average Bonchev–Trinajstić information content (AvgIpc) is 3.15. The van der Waals surface area contributed by atoms with Gasteiger partial charge in [0.2, 0.25) is 0 Å². The van der Waals surface area contributed by atoms with E-state index in [1.165, 1.54) is 6.42 Å². The first-order valence-electron chi connectivity index (χ1n) is 14.5. The van der Waals surface area contributed by atoms with E-state index in [4.69, 9.17) is 31.4 Å². The summed E-state index contributed by atoms with van der Waals surface area (Å²) in [4.78, 5) is 0. The van der Waals surface area contributed by atoms with Crippen LogP contribution in [0.1, 0.15) is 78.1 Å². The van der Waals surface area contributed by atoms with Gasteiger partial charge >= 0.3 is 0 Å². The van der Waals surface area contributed by atoms with Gasteiger partial charge < -0.3 is 36.5 Å². The second kappa shape index (κ2) is 12.1. The fourth-order valence-electron chi connectivity index (χ4n) is 8.63. The average molecular weight is 496 g/mol. The summed E-state index contributed by atoms with van der Waals surface area (Å²) in [6.45, 7) is 9.01. The van der Waals surface area contributed by atoms with Crippen molar-refractivity contribution in [3.8, 4) is 0 Å². The highest BCUT2D eigenvalue weighted by Crippen LogP contribution is 2.67. The number of ether oxygens (including phenoxy) is 3. The minimum atomic E-state index is -0.307. The first-order chi connectivity index (χ1) is 16.9. The maximum Gasteiger partial charge on any atom is 0.0659 e. The molecular weight excluding hydrogens is 442 g/mol. The molecule has 0 aromatic heterocycles. The summed E-state index contributed by atoms with van der Waals surface area (Å²) in [5.74, 6) is 2.03. The summed E-state index contributed by atoms with van der Waals surface area (Å²) in [6, 6.07) is 0. The van der Waals surface area contributed by atoms with Gasteiger partial charge in [-0.1, -0.05) is 13.8 Å². The Labute approximate surface area is 213 Å². The molecule has 0 aliphatic heterocycles. The van der Waals surface area contributed by atoms with E-state index in [2.05, 4.69) is 13.8 Å². The lowest BCUT2D eigenvalue weighted by molar-refractivity contribution is -0.230. The highest BCUT2D eigenvalue weighted by atomic mass is 16.5. The molecule has 4 rings (SSSR count). The van der Waals surface area contributed by atoms with Gasteiger partial charge in [0, 0.05) is 25.2 Å². The van der Waals surface area contributed by atoms with Crippen LogP contribution in [0.15, 0.2) is 0 Å². The summed E-state index contributed by atoms with van der Waals surface area (Å²) in [7, 11) is 0. The third-order valence-electron chi connectivity index (χ3n) is 10.7. The van der Waals surface area contributed by atoms with Gasteiger partial charge in [0.15, 0.2) is 0 Å². The molecule has 35 heavy (non-hydrogen) atoms. The first kappa shape index (κ1) is 27.7. The van der Waals surface area contributed by atoms with Crippen molar-refractivity contribution in [1.29, 1.82) is 0 Å². The van der Waals surface area contributed by atoms with Crippen LogP contribution in [-0.2, 0) is 14.2 Å². The Kier molecular flexibility index (Phi) is 9.56. The molecule has 0 amide bonds. The fourth-order valence-corrected chi connectivity index (χ4v) is 8.63. The fraction of sp³-hybridized carbons (Fsp3) is 1.00. The van der Waals surface area contributed by atoms with Crippen LogP contribution in [0.2, 0.25) is 0 Å². The predicted molar refractivity (Wildman–Crippen MR) is 139 cm³/mol. The molecule has 0 spiro atoms. The van der Waals surface area contributed by atoms with Crippen molar-refractivity contribution in [2.45, 2.75) is 102 Å². The molecule has 0 aromatic carbocycles. The number of nitrogens with two attached hydrogens (primary N) is 3. The van der Waals surface area contributed by atoms with Gasteiger partial charge in [-0.15, -0.1) is 0 Å². The third-order valence-corrected chi connectivity index (χ3v) is 10.7. The SMILES string of the molecule is CC12CCC(OCCCN)CC1CC(OCCCN)C1C2CC(OCCCN)C2(C)C(O)CCC12. The molecule has 4 aliphatic carbocycles. The molecule has 0 radical (unpaired) electrons. The molecule has 4 aliphatic rings. The molecular formula is C28H53N3O4. The smallest absolute Gasteiger partial charge is 0.0659 e. The Hall–Kier alpha value is -0.280. The van der Waals surface area contributed by atoms with Crippen LogP contribution in [0.5, 0.6) is 0 Å². The summed E-state index contributed by atoms with van der Waals surface area (Å²) in [5.41, 5.74) is 17.3. The van der Waals surface area contributed by atoms with Gasteiger partial charge in [-0.25, -0.2) is 0 Å². The van der Waals surface area contributed by atoms with Gasteiger partial charge in [0.25, 0.3) is 0 Å². The van der Waals surface area contributed by atoms with E-state index in [0.29, 0.717) is 56.0 Å². The summed E-state index contributed by atoms with van der Waals surface area (Å²) < 4.78 is 19.5. The summed E-state index contributed by atoms with van der Waals surface area (Å²) in [5, 5.41) is 11.2. The zero-order chi connectivity index (χ0) is 25.1. The van der Waals surface area contributed by atoms with Gasteiger partial charge in [-0.3, -0.25) is 0 Å². The number of hydrogen-bond acceptors (Lipinski definition) is 7. The topological polar surface area (TPSA) is 126 Å². The maximum atomic E-state index is 11.2. The standard InChI is InChI=1S/C28H53N3O4/c1-27-9-8-20(33-13-3-10-29)16-19(27)17-23(34-14-4-11-30)26-21-6-7-24(32)28(21,2)25(18-22(26)27)35-15-5-12-31/h19-26,32H,3-18,29-31H2,1-2H3. The maximum absolute atomic E-state index is 11.2. The Bertz CT molecular complexity index is 668. The van der Waals surface area contributed by atoms with Crippen molar-refractivity contribution in [2.24, 2.45) is 51.7 Å². The van der Waals surface area contributed by atoms with E-state index in [1.54, 1.807) is 0 Å². The first-order valence-corrected chi connectivity index (χ1v) is 14.5. The quantitative estimate of drug-likeness (QED) is 0.307. The highest BCUT2D eigenvalue weighted by Gasteiger charge is 2.66. The molecule has 10 unspecified atom stereocenters. The Morgan fingerprint density at radius 1 is 0.771 bits per heavy atom. The zero-order valence-corrected chi connectivity index (χ0v) is 22.3. The minimum absolute atomic E-state index is 0.0802. The zero-order valence-electron chi connectivity index (χ0n) is 22.3. The highest BCUT2D eigenvalue weighted by molar-refractivity contribution is 5.15. The Morgan fingerprint density at radius 2 is 1.43 bits per heavy atom. The Morgan fingerprint density at radius 3 is 2.11 bits per heavy atom. The molecule has 204 valence electrons. The molecule has 0 bridgehead atoms. The predicted octanol–water partition coefficient (Wildman–Crippen LogP) is 2.81. The lowest BCUT2D eigenvalue weighted by Crippen LogP contribution is -2.63. The van der Waals surface area contributed by atoms with E-state index >= 15 is 0 Å². The molecule has 10 atom stereocenters. The van der Waals surface area contributed by atoms with Crippen molar-refractivity contribution in [3.63, 3.8) is 0 Å². The van der Waals surface area contributed by atoms with E-state index in [1.807, 2.05) is 0 Å². The number of aliphatic hydroxyl groups is 1. The lowest BCUT2D eigenvalue weighted by atomic mass is 9.43. The van der Waals surface area contributed by atoms with Crippen LogP contribution in [-0.4, -0.2) is 69.0 Å². The molecule has 7 heteroatoms. The van der Waals surface area contributed by atoms with E-state index in [0.717, 1.165) is 71.0 Å². The number of hydrogen-bond donors (Lipinski definition) is 4. The van der Waals surface area contributed by atoms with Gasteiger partial charge in [-0.05, 0) is 113 Å². The van der Waals surface area contributed by atoms with Crippen molar-refractivity contribution in [3.05, 3.63) is 0 Å². The van der Waals surface area contributed by atoms with E-state index in [-0.39, 0.29) is 29.1 Å². The van der Waals surface area contributed by atoms with E-state index < -0.39 is 0 Å². The monoisotopic (exact) mass is 495 g/mol. The summed E-state index contributed by atoms with van der Waals surface area (Å²) in [6.07, 6.45) is 10.5. The molecule has 0 saturated heterocycles. The second-order valence-corrected chi connectivity index (χ2v) is 12.4.